The second-order valence-corrected chi connectivity index (χ2v) is 7.51. The predicted molar refractivity (Wildman–Crippen MR) is 110 cm³/mol. The minimum absolute atomic E-state index is 0.158. The van der Waals surface area contributed by atoms with Gasteiger partial charge in [-0.2, -0.15) is 12.6 Å². The highest BCUT2D eigenvalue weighted by Gasteiger charge is 2.32. The van der Waals surface area contributed by atoms with Crippen LogP contribution in [0.5, 0.6) is 0 Å². The molecule has 0 aromatic rings. The molecule has 172 valence electrons. The van der Waals surface area contributed by atoms with E-state index in [4.69, 9.17) is 16.6 Å². The van der Waals surface area contributed by atoms with Crippen molar-refractivity contribution in [3.05, 3.63) is 0 Å². The molecule has 4 amide bonds. The van der Waals surface area contributed by atoms with Gasteiger partial charge in [-0.05, 0) is 19.3 Å². The molecule has 5 atom stereocenters. The summed E-state index contributed by atoms with van der Waals surface area (Å²) in [6, 6.07) is -4.96. The highest BCUT2D eigenvalue weighted by molar-refractivity contribution is 7.80. The zero-order chi connectivity index (χ0) is 23.6. The molecule has 0 aliphatic rings. The van der Waals surface area contributed by atoms with Crippen LogP contribution in [0.15, 0.2) is 0 Å². The largest absolute Gasteiger partial charge is 0.480 e. The van der Waals surface area contributed by atoms with E-state index < -0.39 is 65.8 Å². The summed E-state index contributed by atoms with van der Waals surface area (Å²) in [6.07, 6.45) is -1.59. The second kappa shape index (κ2) is 13.0. The maximum atomic E-state index is 12.7. The standard InChI is InChI=1S/C17H31N5O7S/c1-7(2)13(16(27)21-10(6-30)17(28)29)22-14(25)9(4-5-11(18)24)20-15(26)12(19)8(3)23/h7-10,12-13,23,30H,4-6,19H2,1-3H3,(H2,18,24)(H,20,26)(H,21,27)(H,22,25)(H,28,29). The van der Waals surface area contributed by atoms with Crippen LogP contribution in [-0.2, 0) is 24.0 Å². The van der Waals surface area contributed by atoms with Gasteiger partial charge < -0.3 is 37.6 Å². The summed E-state index contributed by atoms with van der Waals surface area (Å²) in [5, 5.41) is 25.5. The molecule has 30 heavy (non-hydrogen) atoms. The maximum Gasteiger partial charge on any atom is 0.327 e. The summed E-state index contributed by atoms with van der Waals surface area (Å²) >= 11 is 3.87. The zero-order valence-corrected chi connectivity index (χ0v) is 18.0. The maximum absolute atomic E-state index is 12.7. The minimum Gasteiger partial charge on any atom is -0.480 e. The summed E-state index contributed by atoms with van der Waals surface area (Å²) in [4.78, 5) is 59.5. The Labute approximate surface area is 179 Å². The number of aliphatic hydroxyl groups excluding tert-OH is 1. The number of primary amides is 1. The molecule has 5 unspecified atom stereocenters. The van der Waals surface area contributed by atoms with Gasteiger partial charge >= 0.3 is 5.97 Å². The number of amides is 4. The van der Waals surface area contributed by atoms with Crippen LogP contribution in [0.25, 0.3) is 0 Å². The molecule has 0 aromatic carbocycles. The molecule has 0 aliphatic heterocycles. The Hall–Kier alpha value is -2.38. The second-order valence-electron chi connectivity index (χ2n) is 7.14. The molecule has 0 aliphatic carbocycles. The van der Waals surface area contributed by atoms with Crippen molar-refractivity contribution in [3.63, 3.8) is 0 Å². The third-order valence-corrected chi connectivity index (χ3v) is 4.54. The van der Waals surface area contributed by atoms with E-state index in [1.807, 2.05) is 0 Å². The van der Waals surface area contributed by atoms with Crippen LogP contribution >= 0.6 is 12.6 Å². The average Bonchev–Trinajstić information content (AvgIpc) is 2.65. The van der Waals surface area contributed by atoms with E-state index in [9.17, 15) is 29.1 Å². The van der Waals surface area contributed by atoms with Crippen LogP contribution in [0.3, 0.4) is 0 Å². The number of aliphatic carboxylic acids is 1. The lowest BCUT2D eigenvalue weighted by atomic mass is 10.0. The number of carbonyl (C=O) groups is 5. The van der Waals surface area contributed by atoms with Gasteiger partial charge in [0.25, 0.3) is 0 Å². The number of nitrogens with two attached hydrogens (primary N) is 2. The number of carbonyl (C=O) groups excluding carboxylic acids is 4. The molecule has 0 bridgehead atoms. The van der Waals surface area contributed by atoms with Crippen LogP contribution in [-0.4, -0.2) is 75.8 Å². The average molecular weight is 450 g/mol. The fraction of sp³-hybridized carbons (Fsp3) is 0.706. The molecule has 0 spiro atoms. The summed E-state index contributed by atoms with van der Waals surface area (Å²) in [5.74, 6) is -4.97. The topological polar surface area (TPSA) is 214 Å². The Balaban J connectivity index is 5.41. The fourth-order valence-corrected chi connectivity index (χ4v) is 2.53. The van der Waals surface area contributed by atoms with Crippen molar-refractivity contribution < 1.29 is 34.2 Å². The van der Waals surface area contributed by atoms with Crippen LogP contribution < -0.4 is 27.4 Å². The molecule has 12 nitrogen and oxygen atoms in total. The van der Waals surface area contributed by atoms with Crippen molar-refractivity contribution in [1.82, 2.24) is 16.0 Å². The van der Waals surface area contributed by atoms with Crippen molar-refractivity contribution in [3.8, 4) is 0 Å². The normalized spacial score (nSPS) is 16.0. The molecule has 0 rings (SSSR count). The van der Waals surface area contributed by atoms with E-state index >= 15 is 0 Å². The van der Waals surface area contributed by atoms with Gasteiger partial charge in [-0.25, -0.2) is 4.79 Å². The number of hydrogen-bond acceptors (Lipinski definition) is 8. The van der Waals surface area contributed by atoms with Crippen LogP contribution in [0.4, 0.5) is 0 Å². The van der Waals surface area contributed by atoms with Gasteiger partial charge in [-0.15, -0.1) is 0 Å². The minimum atomic E-state index is -1.32. The lowest BCUT2D eigenvalue weighted by molar-refractivity contribution is -0.142. The molecule has 0 saturated carbocycles. The first-order valence-corrected chi connectivity index (χ1v) is 9.91. The number of nitrogens with one attached hydrogen (secondary N) is 3. The fourth-order valence-electron chi connectivity index (χ4n) is 2.28. The Morgan fingerprint density at radius 1 is 0.933 bits per heavy atom. The first-order chi connectivity index (χ1) is 13.8. The lowest BCUT2D eigenvalue weighted by Gasteiger charge is -2.27. The Morgan fingerprint density at radius 2 is 1.47 bits per heavy atom. The van der Waals surface area contributed by atoms with Gasteiger partial charge in [0.05, 0.1) is 6.10 Å². The number of thiol groups is 1. The zero-order valence-electron chi connectivity index (χ0n) is 17.1. The van der Waals surface area contributed by atoms with Crippen LogP contribution in [0.2, 0.25) is 0 Å². The van der Waals surface area contributed by atoms with Gasteiger partial charge in [0.1, 0.15) is 24.2 Å². The van der Waals surface area contributed by atoms with E-state index in [-0.39, 0.29) is 18.6 Å². The lowest BCUT2D eigenvalue weighted by Crippen LogP contribution is -2.59. The van der Waals surface area contributed by atoms with Gasteiger partial charge in [0.2, 0.25) is 23.6 Å². The van der Waals surface area contributed by atoms with E-state index in [0.29, 0.717) is 0 Å². The number of carboxylic acid groups (broad SMARTS) is 1. The molecular weight excluding hydrogens is 418 g/mol. The molecular formula is C17H31N5O7S. The highest BCUT2D eigenvalue weighted by atomic mass is 32.1. The van der Waals surface area contributed by atoms with Crippen molar-refractivity contribution in [2.45, 2.75) is 63.9 Å². The first kappa shape index (κ1) is 27.6. The van der Waals surface area contributed by atoms with Gasteiger partial charge in [0, 0.05) is 12.2 Å². The molecule has 9 N–H and O–H groups in total. The molecule has 0 saturated heterocycles. The van der Waals surface area contributed by atoms with E-state index in [1.165, 1.54) is 6.92 Å². The quantitative estimate of drug-likeness (QED) is 0.136. The van der Waals surface area contributed by atoms with Gasteiger partial charge in [-0.3, -0.25) is 19.2 Å². The Kier molecular flexibility index (Phi) is 12.0. The number of carboxylic acids is 1. The summed E-state index contributed by atoms with van der Waals surface area (Å²) < 4.78 is 0. The SMILES string of the molecule is CC(C)C(NC(=O)C(CCC(N)=O)NC(=O)C(N)C(C)O)C(=O)NC(CS)C(=O)O. The third-order valence-electron chi connectivity index (χ3n) is 4.18. The number of hydrogen-bond donors (Lipinski definition) is 8. The molecule has 0 fully saturated rings. The van der Waals surface area contributed by atoms with E-state index in [0.717, 1.165) is 0 Å². The Morgan fingerprint density at radius 3 is 1.87 bits per heavy atom. The van der Waals surface area contributed by atoms with Crippen LogP contribution in [0.1, 0.15) is 33.6 Å². The van der Waals surface area contributed by atoms with Crippen molar-refractivity contribution in [2.75, 3.05) is 5.75 Å². The van der Waals surface area contributed by atoms with Crippen molar-refractivity contribution in [2.24, 2.45) is 17.4 Å². The summed E-state index contributed by atoms with van der Waals surface area (Å²) in [5.41, 5.74) is 10.6. The predicted octanol–water partition coefficient (Wildman–Crippen LogP) is -2.92. The Bertz CT molecular complexity index is 644. The van der Waals surface area contributed by atoms with E-state index in [1.54, 1.807) is 13.8 Å². The molecule has 0 aromatic heterocycles. The van der Waals surface area contributed by atoms with Crippen LogP contribution in [0, 0.1) is 5.92 Å². The third kappa shape index (κ3) is 9.41. The van der Waals surface area contributed by atoms with Gasteiger partial charge in [-0.1, -0.05) is 13.8 Å². The van der Waals surface area contributed by atoms with Crippen molar-refractivity contribution in [1.29, 1.82) is 0 Å². The monoisotopic (exact) mass is 449 g/mol. The summed E-state index contributed by atoms with van der Waals surface area (Å²) in [7, 11) is 0. The summed E-state index contributed by atoms with van der Waals surface area (Å²) in [6.45, 7) is 4.55. The number of aliphatic hydroxyl groups is 1. The highest BCUT2D eigenvalue weighted by Crippen LogP contribution is 2.06. The first-order valence-electron chi connectivity index (χ1n) is 9.28. The van der Waals surface area contributed by atoms with Crippen molar-refractivity contribution >= 4 is 42.2 Å². The molecule has 13 heteroatoms. The molecule has 0 radical (unpaired) electrons. The molecule has 0 heterocycles. The smallest absolute Gasteiger partial charge is 0.327 e. The van der Waals surface area contributed by atoms with Gasteiger partial charge in [0.15, 0.2) is 0 Å². The van der Waals surface area contributed by atoms with E-state index in [2.05, 4.69) is 28.6 Å². The number of rotatable bonds is 13.